The minimum atomic E-state index is 0.286. The molecular formula is C14H17NO. The van der Waals surface area contributed by atoms with Gasteiger partial charge in [-0.25, -0.2) is 0 Å². The number of para-hydroxylation sites is 1. The molecule has 0 radical (unpaired) electrons. The van der Waals surface area contributed by atoms with Crippen LogP contribution >= 0.6 is 0 Å². The van der Waals surface area contributed by atoms with Crippen LogP contribution in [0.4, 0.5) is 5.69 Å². The van der Waals surface area contributed by atoms with Gasteiger partial charge in [0.25, 0.3) is 0 Å². The van der Waals surface area contributed by atoms with Gasteiger partial charge >= 0.3 is 0 Å². The Hall–Kier alpha value is -1.31. The van der Waals surface area contributed by atoms with Crippen LogP contribution in [0.2, 0.25) is 0 Å². The van der Waals surface area contributed by atoms with E-state index in [1.165, 1.54) is 6.42 Å². The fourth-order valence-corrected chi connectivity index (χ4v) is 2.97. The highest BCUT2D eigenvalue weighted by molar-refractivity contribution is 5.94. The van der Waals surface area contributed by atoms with Crippen molar-refractivity contribution in [2.75, 3.05) is 11.9 Å². The SMILES string of the molecule is CN(C(=O)C1CC2CC2C1)c1ccccc1. The first-order valence-electron chi connectivity index (χ1n) is 6.08. The number of carbonyl (C=O) groups is 1. The Morgan fingerprint density at radius 2 is 1.75 bits per heavy atom. The maximum Gasteiger partial charge on any atom is 0.229 e. The summed E-state index contributed by atoms with van der Waals surface area (Å²) in [5, 5.41) is 0. The molecule has 0 saturated heterocycles. The molecule has 1 amide bonds. The molecular weight excluding hydrogens is 198 g/mol. The molecule has 1 aromatic rings. The smallest absolute Gasteiger partial charge is 0.229 e. The number of fused-ring (bicyclic) bond motifs is 1. The lowest BCUT2D eigenvalue weighted by atomic mass is 10.0. The van der Waals surface area contributed by atoms with Crippen LogP contribution in [0.15, 0.2) is 30.3 Å². The monoisotopic (exact) mass is 215 g/mol. The lowest BCUT2D eigenvalue weighted by Crippen LogP contribution is -2.32. The molecule has 2 saturated carbocycles. The fraction of sp³-hybridized carbons (Fsp3) is 0.500. The molecule has 2 heteroatoms. The largest absolute Gasteiger partial charge is 0.315 e. The number of anilines is 1. The zero-order valence-corrected chi connectivity index (χ0v) is 9.60. The van der Waals surface area contributed by atoms with Crippen LogP contribution in [0, 0.1) is 17.8 Å². The fourth-order valence-electron chi connectivity index (χ4n) is 2.97. The third kappa shape index (κ3) is 1.62. The van der Waals surface area contributed by atoms with Crippen LogP contribution < -0.4 is 4.90 Å². The highest BCUT2D eigenvalue weighted by atomic mass is 16.2. The number of rotatable bonds is 2. The highest BCUT2D eigenvalue weighted by Gasteiger charge is 2.48. The lowest BCUT2D eigenvalue weighted by Gasteiger charge is -2.21. The molecule has 2 aliphatic rings. The Morgan fingerprint density at radius 1 is 1.12 bits per heavy atom. The van der Waals surface area contributed by atoms with Crippen LogP contribution in [0.25, 0.3) is 0 Å². The maximum absolute atomic E-state index is 12.2. The third-order valence-corrected chi connectivity index (χ3v) is 4.07. The predicted octanol–water partition coefficient (Wildman–Crippen LogP) is 2.70. The van der Waals surface area contributed by atoms with E-state index in [1.54, 1.807) is 0 Å². The Kier molecular flexibility index (Phi) is 2.23. The molecule has 2 nitrogen and oxygen atoms in total. The quantitative estimate of drug-likeness (QED) is 0.742. The molecule has 0 spiro atoms. The lowest BCUT2D eigenvalue weighted by molar-refractivity contribution is -0.122. The molecule has 16 heavy (non-hydrogen) atoms. The van der Waals surface area contributed by atoms with Gasteiger partial charge in [-0.1, -0.05) is 18.2 Å². The second-order valence-electron chi connectivity index (χ2n) is 5.16. The van der Waals surface area contributed by atoms with Crippen molar-refractivity contribution in [3.05, 3.63) is 30.3 Å². The molecule has 3 rings (SSSR count). The number of hydrogen-bond donors (Lipinski definition) is 0. The van der Waals surface area contributed by atoms with E-state index in [2.05, 4.69) is 0 Å². The van der Waals surface area contributed by atoms with E-state index in [9.17, 15) is 4.79 Å². The molecule has 2 fully saturated rings. The highest BCUT2D eigenvalue weighted by Crippen LogP contribution is 2.54. The molecule has 0 N–H and O–H groups in total. The van der Waals surface area contributed by atoms with Crippen molar-refractivity contribution < 1.29 is 4.79 Å². The minimum absolute atomic E-state index is 0.286. The number of nitrogens with zero attached hydrogens (tertiary/aromatic N) is 1. The Labute approximate surface area is 96.3 Å². The molecule has 2 aliphatic carbocycles. The van der Waals surface area contributed by atoms with Crippen molar-refractivity contribution in [1.82, 2.24) is 0 Å². The standard InChI is InChI=1S/C14H17NO/c1-15(13-5-3-2-4-6-13)14(16)12-8-10-7-11(10)9-12/h2-6,10-12H,7-9H2,1H3. The molecule has 0 aliphatic heterocycles. The van der Waals surface area contributed by atoms with Gasteiger partial charge in [-0.15, -0.1) is 0 Å². The van der Waals surface area contributed by atoms with Gasteiger partial charge in [0.1, 0.15) is 0 Å². The second-order valence-corrected chi connectivity index (χ2v) is 5.16. The summed E-state index contributed by atoms with van der Waals surface area (Å²) in [5.74, 6) is 2.34. The number of hydrogen-bond acceptors (Lipinski definition) is 1. The topological polar surface area (TPSA) is 20.3 Å². The van der Waals surface area contributed by atoms with Gasteiger partial charge in [0.2, 0.25) is 5.91 Å². The number of amides is 1. The van der Waals surface area contributed by atoms with Crippen molar-refractivity contribution in [2.24, 2.45) is 17.8 Å². The van der Waals surface area contributed by atoms with Crippen LogP contribution in [-0.4, -0.2) is 13.0 Å². The minimum Gasteiger partial charge on any atom is -0.315 e. The van der Waals surface area contributed by atoms with Crippen molar-refractivity contribution in [1.29, 1.82) is 0 Å². The summed E-state index contributed by atoms with van der Waals surface area (Å²) >= 11 is 0. The van der Waals surface area contributed by atoms with E-state index < -0.39 is 0 Å². The van der Waals surface area contributed by atoms with Gasteiger partial charge in [0.05, 0.1) is 0 Å². The van der Waals surface area contributed by atoms with Gasteiger partial charge in [-0.05, 0) is 43.2 Å². The summed E-state index contributed by atoms with van der Waals surface area (Å²) < 4.78 is 0. The average molecular weight is 215 g/mol. The summed E-state index contributed by atoms with van der Waals surface area (Å²) in [5.41, 5.74) is 1.01. The molecule has 0 aromatic heterocycles. The van der Waals surface area contributed by atoms with E-state index in [0.29, 0.717) is 5.91 Å². The predicted molar refractivity (Wildman–Crippen MR) is 64.2 cm³/mol. The van der Waals surface area contributed by atoms with Crippen LogP contribution in [0.1, 0.15) is 19.3 Å². The van der Waals surface area contributed by atoms with Crippen molar-refractivity contribution in [2.45, 2.75) is 19.3 Å². The van der Waals surface area contributed by atoms with Crippen molar-refractivity contribution >= 4 is 11.6 Å². The summed E-state index contributed by atoms with van der Waals surface area (Å²) in [6.07, 6.45) is 3.63. The Morgan fingerprint density at radius 3 is 2.38 bits per heavy atom. The average Bonchev–Trinajstić information content (AvgIpc) is 2.95. The van der Waals surface area contributed by atoms with Gasteiger partial charge in [-0.2, -0.15) is 0 Å². The zero-order valence-electron chi connectivity index (χ0n) is 9.60. The Bertz CT molecular complexity index is 390. The first kappa shape index (κ1) is 9.88. The van der Waals surface area contributed by atoms with E-state index >= 15 is 0 Å². The second kappa shape index (κ2) is 3.62. The van der Waals surface area contributed by atoms with E-state index in [4.69, 9.17) is 0 Å². The summed E-state index contributed by atoms with van der Waals surface area (Å²) in [6.45, 7) is 0. The number of carbonyl (C=O) groups excluding carboxylic acids is 1. The maximum atomic E-state index is 12.2. The van der Waals surface area contributed by atoms with Crippen LogP contribution in [0.3, 0.4) is 0 Å². The van der Waals surface area contributed by atoms with Gasteiger partial charge < -0.3 is 4.90 Å². The van der Waals surface area contributed by atoms with E-state index in [0.717, 1.165) is 30.4 Å². The summed E-state index contributed by atoms with van der Waals surface area (Å²) in [7, 11) is 1.89. The summed E-state index contributed by atoms with van der Waals surface area (Å²) in [4.78, 5) is 14.1. The van der Waals surface area contributed by atoms with Gasteiger partial charge in [-0.3, -0.25) is 4.79 Å². The molecule has 0 bridgehead atoms. The van der Waals surface area contributed by atoms with Gasteiger partial charge in [0, 0.05) is 18.7 Å². The molecule has 0 heterocycles. The van der Waals surface area contributed by atoms with Crippen molar-refractivity contribution in [3.8, 4) is 0 Å². The first-order valence-corrected chi connectivity index (χ1v) is 6.08. The molecule has 2 unspecified atom stereocenters. The third-order valence-electron chi connectivity index (χ3n) is 4.07. The zero-order chi connectivity index (χ0) is 11.1. The molecule has 84 valence electrons. The van der Waals surface area contributed by atoms with Crippen LogP contribution in [0.5, 0.6) is 0 Å². The Balaban J connectivity index is 1.70. The number of benzene rings is 1. The van der Waals surface area contributed by atoms with E-state index in [1.807, 2.05) is 42.3 Å². The summed E-state index contributed by atoms with van der Waals surface area (Å²) in [6, 6.07) is 9.92. The normalized spacial score (nSPS) is 30.9. The van der Waals surface area contributed by atoms with Gasteiger partial charge in [0.15, 0.2) is 0 Å². The first-order chi connectivity index (χ1) is 7.75. The molecule has 2 atom stereocenters. The molecule has 1 aromatic carbocycles. The van der Waals surface area contributed by atoms with Crippen LogP contribution in [-0.2, 0) is 4.79 Å². The van der Waals surface area contributed by atoms with E-state index in [-0.39, 0.29) is 5.92 Å². The van der Waals surface area contributed by atoms with Crippen molar-refractivity contribution in [3.63, 3.8) is 0 Å².